The molecule has 0 amide bonds. The average molecular weight is 135 g/mol. The molecular formula is C8H9NO. The summed E-state index contributed by atoms with van der Waals surface area (Å²) in [5.41, 5.74) is 0.491. The van der Waals surface area contributed by atoms with Gasteiger partial charge in [-0.25, -0.2) is 0 Å². The molecule has 0 unspecified atom stereocenters. The van der Waals surface area contributed by atoms with Gasteiger partial charge in [0.25, 0.3) is 0 Å². The van der Waals surface area contributed by atoms with E-state index in [1.165, 1.54) is 0 Å². The molecule has 0 aliphatic heterocycles. The van der Waals surface area contributed by atoms with E-state index >= 15 is 0 Å². The monoisotopic (exact) mass is 135 g/mol. The molecule has 1 rings (SSSR count). The molecule has 2 nitrogen and oxygen atoms in total. The predicted octanol–water partition coefficient (Wildman–Crippen LogP) is 1.92. The topological polar surface area (TPSA) is 44.0 Å². The molecule has 0 aromatic heterocycles. The van der Waals surface area contributed by atoms with Crippen molar-refractivity contribution >= 4 is 0 Å². The van der Waals surface area contributed by atoms with Gasteiger partial charge in [-0.15, -0.1) is 0 Å². The van der Waals surface area contributed by atoms with Crippen molar-refractivity contribution in [2.24, 2.45) is 5.92 Å². The third-order valence-corrected chi connectivity index (χ3v) is 1.72. The molecule has 0 aromatic carbocycles. The van der Waals surface area contributed by atoms with Crippen molar-refractivity contribution in [1.82, 2.24) is 0 Å². The second-order valence-corrected chi connectivity index (χ2v) is 2.34. The Morgan fingerprint density at radius 1 is 1.60 bits per heavy atom. The fourth-order valence-electron chi connectivity index (χ4n) is 1.10. The molecule has 1 N–H and O–H groups in total. The van der Waals surface area contributed by atoms with Crippen molar-refractivity contribution < 1.29 is 5.11 Å². The Labute approximate surface area is 60.1 Å². The van der Waals surface area contributed by atoms with E-state index in [1.54, 1.807) is 0 Å². The van der Waals surface area contributed by atoms with Crippen LogP contribution in [0.3, 0.4) is 0 Å². The molecule has 52 valence electrons. The van der Waals surface area contributed by atoms with E-state index in [2.05, 4.69) is 0 Å². The molecule has 0 radical (unpaired) electrons. The quantitative estimate of drug-likeness (QED) is 0.339. The first kappa shape index (κ1) is 6.88. The van der Waals surface area contributed by atoms with Crippen LogP contribution in [0.15, 0.2) is 24.0 Å². The second kappa shape index (κ2) is 3.07. The van der Waals surface area contributed by atoms with Gasteiger partial charge in [0, 0.05) is 5.92 Å². The zero-order chi connectivity index (χ0) is 7.40. The van der Waals surface area contributed by atoms with E-state index < -0.39 is 0 Å². The highest BCUT2D eigenvalue weighted by atomic mass is 16.2. The maximum atomic E-state index is 8.57. The third kappa shape index (κ3) is 1.19. The van der Waals surface area contributed by atoms with Gasteiger partial charge in [-0.3, -0.25) is 0 Å². The first-order valence-corrected chi connectivity index (χ1v) is 3.28. The van der Waals surface area contributed by atoms with Gasteiger partial charge < -0.3 is 5.11 Å². The molecule has 0 atom stereocenters. The largest absolute Gasteiger partial charge is 0.515 e. The Kier molecular flexibility index (Phi) is 2.11. The highest BCUT2D eigenvalue weighted by molar-refractivity contribution is 5.24. The van der Waals surface area contributed by atoms with E-state index in [-0.39, 0.29) is 5.92 Å². The lowest BCUT2D eigenvalue weighted by Crippen LogP contribution is -1.96. The number of nitrogens with zero attached hydrogens (tertiary/aromatic N) is 1. The number of aliphatic hydroxyl groups is 1. The molecule has 2 heteroatoms. The summed E-state index contributed by atoms with van der Waals surface area (Å²) in [6.45, 7) is 0. The molecule has 0 spiro atoms. The summed E-state index contributed by atoms with van der Waals surface area (Å²) in [6, 6.07) is 1.96. The molecule has 0 fully saturated rings. The smallest absolute Gasteiger partial charge is 0.0982 e. The predicted molar refractivity (Wildman–Crippen MR) is 38.2 cm³/mol. The minimum absolute atomic E-state index is 0.231. The number of hydrogen-bond acceptors (Lipinski definition) is 2. The standard InChI is InChI=1S/C8H9NO/c9-5-8(6-10)7-3-1-2-4-7/h1-2,6-7,10H,3-4H2/b8-6+. The second-order valence-electron chi connectivity index (χ2n) is 2.34. The lowest BCUT2D eigenvalue weighted by atomic mass is 9.99. The lowest BCUT2D eigenvalue weighted by Gasteiger charge is -2.03. The summed E-state index contributed by atoms with van der Waals surface area (Å²) in [7, 11) is 0. The van der Waals surface area contributed by atoms with E-state index in [4.69, 9.17) is 10.4 Å². The molecule has 1 aliphatic rings. The van der Waals surface area contributed by atoms with E-state index in [9.17, 15) is 0 Å². The van der Waals surface area contributed by atoms with E-state index in [1.807, 2.05) is 18.2 Å². The molecule has 0 saturated heterocycles. The zero-order valence-corrected chi connectivity index (χ0v) is 5.62. The fourth-order valence-corrected chi connectivity index (χ4v) is 1.10. The maximum Gasteiger partial charge on any atom is 0.0982 e. The Bertz CT molecular complexity index is 202. The van der Waals surface area contributed by atoms with Gasteiger partial charge in [-0.2, -0.15) is 5.26 Å². The van der Waals surface area contributed by atoms with Crippen molar-refractivity contribution in [2.45, 2.75) is 12.8 Å². The summed E-state index contributed by atoms with van der Waals surface area (Å²) >= 11 is 0. The van der Waals surface area contributed by atoms with Crippen LogP contribution in [-0.4, -0.2) is 5.11 Å². The van der Waals surface area contributed by atoms with Gasteiger partial charge in [0.15, 0.2) is 0 Å². The normalized spacial score (nSPS) is 19.3. The van der Waals surface area contributed by atoms with Crippen molar-refractivity contribution in [3.8, 4) is 6.07 Å². The van der Waals surface area contributed by atoms with Gasteiger partial charge in [-0.1, -0.05) is 12.2 Å². The number of allylic oxidation sites excluding steroid dienone is 3. The SMILES string of the molecule is N#C/C(=C\O)C1CC=CC1. The van der Waals surface area contributed by atoms with Crippen molar-refractivity contribution in [3.05, 3.63) is 24.0 Å². The summed E-state index contributed by atoms with van der Waals surface area (Å²) in [5, 5.41) is 17.1. The van der Waals surface area contributed by atoms with Crippen LogP contribution in [-0.2, 0) is 0 Å². The molecule has 0 aromatic rings. The number of rotatable bonds is 1. The Hall–Kier alpha value is -1.23. The Morgan fingerprint density at radius 2 is 2.20 bits per heavy atom. The average Bonchev–Trinajstić information content (AvgIpc) is 2.43. The van der Waals surface area contributed by atoms with Gasteiger partial charge in [0.2, 0.25) is 0 Å². The van der Waals surface area contributed by atoms with Crippen LogP contribution in [0.2, 0.25) is 0 Å². The number of hydrogen-bond donors (Lipinski definition) is 1. The minimum Gasteiger partial charge on any atom is -0.515 e. The zero-order valence-electron chi connectivity index (χ0n) is 5.62. The lowest BCUT2D eigenvalue weighted by molar-refractivity contribution is 0.458. The first-order valence-electron chi connectivity index (χ1n) is 3.28. The van der Waals surface area contributed by atoms with E-state index in [0.717, 1.165) is 19.1 Å². The summed E-state index contributed by atoms with van der Waals surface area (Å²) in [4.78, 5) is 0. The molecule has 10 heavy (non-hydrogen) atoms. The third-order valence-electron chi connectivity index (χ3n) is 1.72. The van der Waals surface area contributed by atoms with Crippen LogP contribution >= 0.6 is 0 Å². The van der Waals surface area contributed by atoms with Gasteiger partial charge in [0.05, 0.1) is 17.9 Å². The molecule has 1 aliphatic carbocycles. The van der Waals surface area contributed by atoms with Crippen molar-refractivity contribution in [2.75, 3.05) is 0 Å². The summed E-state index contributed by atoms with van der Waals surface area (Å²) in [6.07, 6.45) is 6.76. The van der Waals surface area contributed by atoms with Gasteiger partial charge in [-0.05, 0) is 12.8 Å². The van der Waals surface area contributed by atoms with Crippen LogP contribution in [0.25, 0.3) is 0 Å². The summed E-state index contributed by atoms with van der Waals surface area (Å²) in [5.74, 6) is 0.231. The maximum absolute atomic E-state index is 8.57. The van der Waals surface area contributed by atoms with Crippen LogP contribution in [0.4, 0.5) is 0 Å². The fraction of sp³-hybridized carbons (Fsp3) is 0.375. The number of nitriles is 1. The van der Waals surface area contributed by atoms with Gasteiger partial charge >= 0.3 is 0 Å². The van der Waals surface area contributed by atoms with Crippen LogP contribution in [0.5, 0.6) is 0 Å². The van der Waals surface area contributed by atoms with Crippen LogP contribution in [0, 0.1) is 17.2 Å². The number of aliphatic hydroxyl groups excluding tert-OH is 1. The minimum atomic E-state index is 0.231. The highest BCUT2D eigenvalue weighted by Crippen LogP contribution is 2.24. The first-order chi connectivity index (χ1) is 4.88. The van der Waals surface area contributed by atoms with Crippen LogP contribution < -0.4 is 0 Å². The van der Waals surface area contributed by atoms with E-state index in [0.29, 0.717) is 5.57 Å². The van der Waals surface area contributed by atoms with Gasteiger partial charge in [0.1, 0.15) is 0 Å². The molecule has 0 saturated carbocycles. The molecule has 0 heterocycles. The van der Waals surface area contributed by atoms with Crippen molar-refractivity contribution in [3.63, 3.8) is 0 Å². The highest BCUT2D eigenvalue weighted by Gasteiger charge is 2.14. The Morgan fingerprint density at radius 3 is 2.60 bits per heavy atom. The van der Waals surface area contributed by atoms with Crippen molar-refractivity contribution in [1.29, 1.82) is 5.26 Å². The summed E-state index contributed by atoms with van der Waals surface area (Å²) < 4.78 is 0. The Balaban J connectivity index is 2.58. The van der Waals surface area contributed by atoms with Crippen LogP contribution in [0.1, 0.15) is 12.8 Å². The molecular weight excluding hydrogens is 126 g/mol. The molecule has 0 bridgehead atoms.